The summed E-state index contributed by atoms with van der Waals surface area (Å²) < 4.78 is 10.5. The number of ether oxygens (including phenoxy) is 1. The van der Waals surface area contributed by atoms with Crippen LogP contribution in [0.3, 0.4) is 0 Å². The standard InChI is InChI=1S/C21H21N3O3/c1-26-17-11-9-15(10-12-17)18-14-20(27-23-18)22-21(25)19-8-5-13-24(19)16-6-3-2-4-7-16/h2-4,6-7,9-12,14,19H,5,8,13H2,1H3,(H,22,25)/t19-/m0/s1. The summed E-state index contributed by atoms with van der Waals surface area (Å²) in [4.78, 5) is 14.9. The molecule has 1 saturated heterocycles. The fraction of sp³-hybridized carbons (Fsp3) is 0.238. The van der Waals surface area contributed by atoms with Gasteiger partial charge in [-0.25, -0.2) is 0 Å². The Morgan fingerprint density at radius 1 is 1.19 bits per heavy atom. The molecule has 1 N–H and O–H groups in total. The van der Waals surface area contributed by atoms with Gasteiger partial charge in [0.2, 0.25) is 11.8 Å². The zero-order chi connectivity index (χ0) is 18.6. The van der Waals surface area contributed by atoms with Crippen molar-refractivity contribution >= 4 is 17.5 Å². The highest BCUT2D eigenvalue weighted by atomic mass is 16.5. The number of rotatable bonds is 5. The fourth-order valence-corrected chi connectivity index (χ4v) is 3.40. The number of aromatic nitrogens is 1. The Bertz CT molecular complexity index is 906. The van der Waals surface area contributed by atoms with E-state index >= 15 is 0 Å². The van der Waals surface area contributed by atoms with Gasteiger partial charge in [0.15, 0.2) is 0 Å². The smallest absolute Gasteiger partial charge is 0.249 e. The van der Waals surface area contributed by atoms with E-state index in [0.717, 1.165) is 36.4 Å². The van der Waals surface area contributed by atoms with E-state index in [9.17, 15) is 4.79 Å². The molecular weight excluding hydrogens is 342 g/mol. The maximum atomic E-state index is 12.8. The van der Waals surface area contributed by atoms with E-state index in [1.54, 1.807) is 13.2 Å². The molecule has 4 rings (SSSR count). The van der Waals surface area contributed by atoms with Crippen molar-refractivity contribution in [3.63, 3.8) is 0 Å². The number of anilines is 2. The average Bonchev–Trinajstić information content (AvgIpc) is 3.38. The molecule has 3 aromatic rings. The highest BCUT2D eigenvalue weighted by molar-refractivity contribution is 5.96. The Labute approximate surface area is 157 Å². The largest absolute Gasteiger partial charge is 0.497 e. The molecule has 1 aliphatic rings. The molecule has 1 amide bonds. The van der Waals surface area contributed by atoms with Crippen LogP contribution in [0.1, 0.15) is 12.8 Å². The summed E-state index contributed by atoms with van der Waals surface area (Å²) in [7, 11) is 1.63. The third kappa shape index (κ3) is 3.65. The molecule has 0 radical (unpaired) electrons. The van der Waals surface area contributed by atoms with E-state index in [4.69, 9.17) is 9.26 Å². The lowest BCUT2D eigenvalue weighted by Gasteiger charge is -2.25. The number of nitrogens with one attached hydrogen (secondary N) is 1. The highest BCUT2D eigenvalue weighted by Gasteiger charge is 2.31. The minimum Gasteiger partial charge on any atom is -0.497 e. The van der Waals surface area contributed by atoms with Gasteiger partial charge in [0, 0.05) is 23.9 Å². The lowest BCUT2D eigenvalue weighted by molar-refractivity contribution is -0.117. The zero-order valence-corrected chi connectivity index (χ0v) is 15.1. The second-order valence-electron chi connectivity index (χ2n) is 6.48. The number of carbonyl (C=O) groups is 1. The monoisotopic (exact) mass is 363 g/mol. The molecule has 0 saturated carbocycles. The summed E-state index contributed by atoms with van der Waals surface area (Å²) in [5.74, 6) is 1.05. The number of hydrogen-bond donors (Lipinski definition) is 1. The molecule has 138 valence electrons. The van der Waals surface area contributed by atoms with Crippen molar-refractivity contribution in [1.29, 1.82) is 0 Å². The predicted molar refractivity (Wildman–Crippen MR) is 104 cm³/mol. The third-order valence-electron chi connectivity index (χ3n) is 4.79. The Kier molecular flexibility index (Phi) is 4.78. The van der Waals surface area contributed by atoms with Gasteiger partial charge in [-0.3, -0.25) is 10.1 Å². The van der Waals surface area contributed by atoms with E-state index in [1.165, 1.54) is 0 Å². The van der Waals surface area contributed by atoms with Gasteiger partial charge in [-0.1, -0.05) is 23.4 Å². The van der Waals surface area contributed by atoms with E-state index in [0.29, 0.717) is 11.6 Å². The van der Waals surface area contributed by atoms with E-state index in [1.807, 2.05) is 54.6 Å². The Morgan fingerprint density at radius 3 is 2.70 bits per heavy atom. The summed E-state index contributed by atoms with van der Waals surface area (Å²) in [5.41, 5.74) is 2.62. The number of nitrogens with zero attached hydrogens (tertiary/aromatic N) is 2. The summed E-state index contributed by atoms with van der Waals surface area (Å²) >= 11 is 0. The van der Waals surface area contributed by atoms with Crippen LogP contribution in [0.15, 0.2) is 65.2 Å². The van der Waals surface area contributed by atoms with Crippen molar-refractivity contribution < 1.29 is 14.1 Å². The van der Waals surface area contributed by atoms with Gasteiger partial charge in [0.25, 0.3) is 0 Å². The lowest BCUT2D eigenvalue weighted by Crippen LogP contribution is -2.39. The van der Waals surface area contributed by atoms with Gasteiger partial charge in [0.1, 0.15) is 17.5 Å². The second kappa shape index (κ2) is 7.53. The topological polar surface area (TPSA) is 67.6 Å². The van der Waals surface area contributed by atoms with Gasteiger partial charge in [0.05, 0.1) is 7.11 Å². The molecule has 1 atom stereocenters. The van der Waals surface area contributed by atoms with Crippen LogP contribution in [0.2, 0.25) is 0 Å². The normalized spacial score (nSPS) is 16.3. The van der Waals surface area contributed by atoms with Crippen LogP contribution < -0.4 is 15.0 Å². The van der Waals surface area contributed by atoms with Crippen molar-refractivity contribution in [1.82, 2.24) is 5.16 Å². The van der Waals surface area contributed by atoms with Crippen molar-refractivity contribution in [2.45, 2.75) is 18.9 Å². The van der Waals surface area contributed by atoms with Crippen LogP contribution in [0, 0.1) is 0 Å². The fourth-order valence-electron chi connectivity index (χ4n) is 3.40. The summed E-state index contributed by atoms with van der Waals surface area (Å²) in [6.07, 6.45) is 1.81. The quantitative estimate of drug-likeness (QED) is 0.743. The molecule has 6 heteroatoms. The van der Waals surface area contributed by atoms with Crippen molar-refractivity contribution in [3.05, 3.63) is 60.7 Å². The first-order valence-electron chi connectivity index (χ1n) is 8.98. The van der Waals surface area contributed by atoms with Crippen molar-refractivity contribution in [2.75, 3.05) is 23.9 Å². The molecule has 0 unspecified atom stereocenters. The number of amides is 1. The molecule has 27 heavy (non-hydrogen) atoms. The minimum atomic E-state index is -0.207. The first-order chi connectivity index (χ1) is 13.2. The molecule has 1 aliphatic heterocycles. The van der Waals surface area contributed by atoms with Gasteiger partial charge < -0.3 is 14.2 Å². The summed E-state index contributed by atoms with van der Waals surface area (Å²) in [6, 6.07) is 19.1. The second-order valence-corrected chi connectivity index (χ2v) is 6.48. The molecule has 6 nitrogen and oxygen atoms in total. The van der Waals surface area contributed by atoms with E-state index in [2.05, 4.69) is 15.4 Å². The van der Waals surface area contributed by atoms with Crippen LogP contribution in [-0.2, 0) is 4.79 Å². The maximum Gasteiger partial charge on any atom is 0.249 e. The molecular formula is C21H21N3O3. The van der Waals surface area contributed by atoms with E-state index in [-0.39, 0.29) is 11.9 Å². The Balaban J connectivity index is 1.46. The molecule has 1 fully saturated rings. The Hall–Kier alpha value is -3.28. The van der Waals surface area contributed by atoms with Crippen LogP contribution >= 0.6 is 0 Å². The minimum absolute atomic E-state index is 0.0752. The first-order valence-corrected chi connectivity index (χ1v) is 8.98. The highest BCUT2D eigenvalue weighted by Crippen LogP contribution is 2.27. The summed E-state index contributed by atoms with van der Waals surface area (Å²) in [5, 5.41) is 6.92. The predicted octanol–water partition coefficient (Wildman–Crippen LogP) is 3.96. The van der Waals surface area contributed by atoms with Crippen molar-refractivity contribution in [2.24, 2.45) is 0 Å². The molecule has 0 spiro atoms. The molecule has 1 aromatic heterocycles. The van der Waals surface area contributed by atoms with Crippen LogP contribution in [0.25, 0.3) is 11.3 Å². The maximum absolute atomic E-state index is 12.8. The SMILES string of the molecule is COc1ccc(-c2cc(NC(=O)[C@@H]3CCCN3c3ccccc3)on2)cc1. The number of para-hydroxylation sites is 1. The summed E-state index contributed by atoms with van der Waals surface area (Å²) in [6.45, 7) is 0.871. The van der Waals surface area contributed by atoms with Gasteiger partial charge >= 0.3 is 0 Å². The molecule has 2 aromatic carbocycles. The first kappa shape index (κ1) is 17.1. The number of methoxy groups -OCH3 is 1. The molecule has 0 aliphatic carbocycles. The van der Waals surface area contributed by atoms with Crippen molar-refractivity contribution in [3.8, 4) is 17.0 Å². The zero-order valence-electron chi connectivity index (χ0n) is 15.1. The lowest BCUT2D eigenvalue weighted by atomic mass is 10.1. The number of carbonyl (C=O) groups excluding carboxylic acids is 1. The van der Waals surface area contributed by atoms with Gasteiger partial charge in [-0.15, -0.1) is 0 Å². The third-order valence-corrected chi connectivity index (χ3v) is 4.79. The number of benzene rings is 2. The molecule has 0 bridgehead atoms. The van der Waals surface area contributed by atoms with E-state index < -0.39 is 0 Å². The van der Waals surface area contributed by atoms with Crippen LogP contribution in [0.5, 0.6) is 5.75 Å². The van der Waals surface area contributed by atoms with Gasteiger partial charge in [-0.05, 0) is 49.2 Å². The van der Waals surface area contributed by atoms with Crippen LogP contribution in [-0.4, -0.2) is 30.8 Å². The average molecular weight is 363 g/mol. The number of hydrogen-bond acceptors (Lipinski definition) is 5. The Morgan fingerprint density at radius 2 is 1.96 bits per heavy atom. The van der Waals surface area contributed by atoms with Crippen LogP contribution in [0.4, 0.5) is 11.6 Å². The van der Waals surface area contributed by atoms with Gasteiger partial charge in [-0.2, -0.15) is 0 Å². The molecule has 2 heterocycles.